The van der Waals surface area contributed by atoms with Crippen LogP contribution >= 0.6 is 0 Å². The number of rotatable bonds is 1. The molecule has 0 aromatic heterocycles. The fourth-order valence-corrected chi connectivity index (χ4v) is 11.2. The molecular weight excluding hydrogens is 665 g/mol. The Balaban J connectivity index is 1.16. The highest BCUT2D eigenvalue weighted by atomic mass is 16.5. The van der Waals surface area contributed by atoms with Crippen molar-refractivity contribution in [1.82, 2.24) is 0 Å². The molecule has 0 N–H and O–H groups in total. The highest BCUT2D eigenvalue weighted by Gasteiger charge is 2.54. The molecule has 0 unspecified atom stereocenters. The van der Waals surface area contributed by atoms with Crippen LogP contribution in [0.4, 0.5) is 0 Å². The van der Waals surface area contributed by atoms with Crippen LogP contribution < -0.4 is 4.74 Å². The van der Waals surface area contributed by atoms with Gasteiger partial charge in [0.1, 0.15) is 11.5 Å². The first-order valence-electron chi connectivity index (χ1n) is 19.3. The second kappa shape index (κ2) is 10.4. The van der Waals surface area contributed by atoms with Gasteiger partial charge in [-0.3, -0.25) is 0 Å². The molecule has 1 heterocycles. The van der Waals surface area contributed by atoms with Gasteiger partial charge < -0.3 is 4.74 Å². The molecule has 0 fully saturated rings. The summed E-state index contributed by atoms with van der Waals surface area (Å²) in [4.78, 5) is 0. The van der Waals surface area contributed by atoms with Crippen molar-refractivity contribution in [1.29, 1.82) is 0 Å². The zero-order chi connectivity index (χ0) is 35.9. The van der Waals surface area contributed by atoms with Crippen LogP contribution in [0.1, 0.15) is 44.5 Å². The van der Waals surface area contributed by atoms with Gasteiger partial charge in [0.15, 0.2) is 0 Å². The van der Waals surface area contributed by atoms with Crippen LogP contribution in [-0.4, -0.2) is 0 Å². The topological polar surface area (TPSA) is 9.23 Å². The van der Waals surface area contributed by atoms with E-state index in [4.69, 9.17) is 4.74 Å². The SMILES string of the molecule is c1ccc2c(c1)-c1ccccc1C21c2ccccc2-c2cccc(-c3ccc4c(c3)C3(c5ccccc5-c5ccccc53)c3c(ccc5ccccc35)O4)c21. The van der Waals surface area contributed by atoms with Crippen molar-refractivity contribution in [2.24, 2.45) is 0 Å². The fourth-order valence-electron chi connectivity index (χ4n) is 11.2. The van der Waals surface area contributed by atoms with Crippen LogP contribution in [0.3, 0.4) is 0 Å². The second-order valence-electron chi connectivity index (χ2n) is 15.4. The summed E-state index contributed by atoms with van der Waals surface area (Å²) in [7, 11) is 0. The molecule has 4 aliphatic rings. The minimum atomic E-state index is -0.585. The first-order valence-corrected chi connectivity index (χ1v) is 19.3. The molecule has 0 atom stereocenters. The van der Waals surface area contributed by atoms with E-state index in [1.807, 2.05) is 0 Å². The van der Waals surface area contributed by atoms with Crippen LogP contribution in [0.15, 0.2) is 194 Å². The third-order valence-corrected chi connectivity index (χ3v) is 13.1. The average molecular weight is 697 g/mol. The normalized spacial score (nSPS) is 15.0. The largest absolute Gasteiger partial charge is 0.457 e. The van der Waals surface area contributed by atoms with Gasteiger partial charge in [-0.15, -0.1) is 0 Å². The van der Waals surface area contributed by atoms with Crippen molar-refractivity contribution in [3.8, 4) is 56.0 Å². The van der Waals surface area contributed by atoms with Crippen molar-refractivity contribution in [3.05, 3.63) is 239 Å². The molecule has 2 spiro atoms. The van der Waals surface area contributed by atoms with Gasteiger partial charge in [0, 0.05) is 11.1 Å². The van der Waals surface area contributed by atoms with Crippen molar-refractivity contribution in [2.45, 2.75) is 10.8 Å². The van der Waals surface area contributed by atoms with E-state index in [0.717, 1.165) is 11.5 Å². The highest BCUT2D eigenvalue weighted by Crippen LogP contribution is 2.66. The molecule has 0 saturated heterocycles. The molecule has 1 nitrogen and oxygen atoms in total. The Bertz CT molecular complexity index is 3040. The summed E-state index contributed by atoms with van der Waals surface area (Å²) in [5, 5.41) is 2.43. The van der Waals surface area contributed by atoms with E-state index in [0.29, 0.717) is 0 Å². The zero-order valence-corrected chi connectivity index (χ0v) is 29.9. The third kappa shape index (κ3) is 3.42. The summed E-state index contributed by atoms with van der Waals surface area (Å²) in [6.45, 7) is 0. The summed E-state index contributed by atoms with van der Waals surface area (Å²) < 4.78 is 7.02. The molecule has 0 amide bonds. The van der Waals surface area contributed by atoms with Gasteiger partial charge in [-0.05, 0) is 107 Å². The van der Waals surface area contributed by atoms with Gasteiger partial charge in [-0.2, -0.15) is 0 Å². The van der Waals surface area contributed by atoms with Crippen LogP contribution in [-0.2, 0) is 10.8 Å². The minimum Gasteiger partial charge on any atom is -0.457 e. The summed E-state index contributed by atoms with van der Waals surface area (Å²) in [5.74, 6) is 1.82. The zero-order valence-electron chi connectivity index (χ0n) is 29.9. The first-order chi connectivity index (χ1) is 27.3. The van der Waals surface area contributed by atoms with E-state index in [9.17, 15) is 0 Å². The van der Waals surface area contributed by atoms with Crippen LogP contribution in [0.2, 0.25) is 0 Å². The predicted octanol–water partition coefficient (Wildman–Crippen LogP) is 13.3. The summed E-state index contributed by atoms with van der Waals surface area (Å²) in [6.07, 6.45) is 0. The van der Waals surface area contributed by atoms with E-state index >= 15 is 0 Å². The standard InChI is InChI=1S/C54H32O/c1-2-15-35-33(14-1)28-31-50-52(35)54(45-25-10-5-18-39(45)40-19-6-11-26-46(40)54)48-32-34(29-30-49(48)55-50)36-21-13-22-42-41-20-7-12-27-47(41)53(51(36)42)43-23-8-3-16-37(43)38-17-4-9-24-44(38)53/h1-32H. The Kier molecular flexibility index (Phi) is 5.56. The quantitative estimate of drug-likeness (QED) is 0.166. The molecule has 254 valence electrons. The number of hydrogen-bond acceptors (Lipinski definition) is 1. The van der Waals surface area contributed by atoms with E-state index in [-0.39, 0.29) is 0 Å². The lowest BCUT2D eigenvalue weighted by Crippen LogP contribution is -2.32. The molecule has 3 aliphatic carbocycles. The van der Waals surface area contributed by atoms with E-state index < -0.39 is 10.8 Å². The Morgan fingerprint density at radius 1 is 0.291 bits per heavy atom. The molecule has 0 radical (unpaired) electrons. The first kappa shape index (κ1) is 29.5. The van der Waals surface area contributed by atoms with Crippen LogP contribution in [0.25, 0.3) is 55.3 Å². The van der Waals surface area contributed by atoms with E-state index in [2.05, 4.69) is 194 Å². The lowest BCUT2D eigenvalue weighted by atomic mass is 9.64. The maximum atomic E-state index is 7.02. The fraction of sp³-hybridized carbons (Fsp3) is 0.0370. The molecule has 55 heavy (non-hydrogen) atoms. The van der Waals surface area contributed by atoms with Gasteiger partial charge in [0.25, 0.3) is 0 Å². The monoisotopic (exact) mass is 696 g/mol. The maximum Gasteiger partial charge on any atom is 0.132 e. The van der Waals surface area contributed by atoms with Gasteiger partial charge >= 0.3 is 0 Å². The third-order valence-electron chi connectivity index (χ3n) is 13.1. The molecule has 1 heteroatoms. The molecule has 0 saturated carbocycles. The van der Waals surface area contributed by atoms with Gasteiger partial charge in [-0.1, -0.05) is 176 Å². The summed E-state index contributed by atoms with van der Waals surface area (Å²) >= 11 is 0. The minimum absolute atomic E-state index is 0.449. The lowest BCUT2D eigenvalue weighted by Gasteiger charge is -2.40. The molecule has 9 aromatic carbocycles. The summed E-state index contributed by atoms with van der Waals surface area (Å²) in [6, 6.07) is 72.4. The molecular formula is C54H32O. The number of fused-ring (bicyclic) bond motifs is 21. The Morgan fingerprint density at radius 2 is 0.727 bits per heavy atom. The highest BCUT2D eigenvalue weighted by molar-refractivity contribution is 6.00. The van der Waals surface area contributed by atoms with Gasteiger partial charge in [0.2, 0.25) is 0 Å². The maximum absolute atomic E-state index is 7.02. The number of ether oxygens (including phenoxy) is 1. The Hall–Kier alpha value is -6.96. The smallest absolute Gasteiger partial charge is 0.132 e. The Morgan fingerprint density at radius 3 is 1.31 bits per heavy atom. The van der Waals surface area contributed by atoms with Gasteiger partial charge in [-0.25, -0.2) is 0 Å². The van der Waals surface area contributed by atoms with E-state index in [1.165, 1.54) is 99.8 Å². The number of benzene rings is 9. The molecule has 1 aliphatic heterocycles. The van der Waals surface area contributed by atoms with Gasteiger partial charge in [0.05, 0.1) is 10.8 Å². The molecule has 13 rings (SSSR count). The molecule has 9 aromatic rings. The molecule has 0 bridgehead atoms. The summed E-state index contributed by atoms with van der Waals surface area (Å²) in [5.41, 5.74) is 19.6. The van der Waals surface area contributed by atoms with Crippen LogP contribution in [0.5, 0.6) is 11.5 Å². The average Bonchev–Trinajstić information content (AvgIpc) is 3.84. The number of hydrogen-bond donors (Lipinski definition) is 0. The van der Waals surface area contributed by atoms with E-state index in [1.54, 1.807) is 0 Å². The predicted molar refractivity (Wildman–Crippen MR) is 223 cm³/mol. The lowest BCUT2D eigenvalue weighted by molar-refractivity contribution is 0.438. The van der Waals surface area contributed by atoms with Crippen molar-refractivity contribution >= 4 is 10.8 Å². The van der Waals surface area contributed by atoms with Crippen molar-refractivity contribution < 1.29 is 4.74 Å². The van der Waals surface area contributed by atoms with Crippen molar-refractivity contribution in [3.63, 3.8) is 0 Å². The Labute approximate surface area is 319 Å². The van der Waals surface area contributed by atoms with Crippen LogP contribution in [0, 0.1) is 0 Å². The van der Waals surface area contributed by atoms with Crippen molar-refractivity contribution in [2.75, 3.05) is 0 Å². The second-order valence-corrected chi connectivity index (χ2v) is 15.4.